The van der Waals surface area contributed by atoms with Gasteiger partial charge in [-0.25, -0.2) is 8.78 Å². The van der Waals surface area contributed by atoms with Crippen LogP contribution in [0.25, 0.3) is 0 Å². The second-order valence-corrected chi connectivity index (χ2v) is 3.44. The van der Waals surface area contributed by atoms with Crippen molar-refractivity contribution in [2.75, 3.05) is 26.3 Å². The van der Waals surface area contributed by atoms with E-state index in [0.717, 1.165) is 0 Å². The number of hydrogen-bond acceptors (Lipinski definition) is 1. The summed E-state index contributed by atoms with van der Waals surface area (Å²) in [5.41, 5.74) is 0. The molecule has 12 heavy (non-hydrogen) atoms. The molecule has 1 unspecified atom stereocenters. The van der Waals surface area contributed by atoms with E-state index in [4.69, 9.17) is 0 Å². The first-order chi connectivity index (χ1) is 5.56. The Morgan fingerprint density at radius 2 is 2.17 bits per heavy atom. The fourth-order valence-corrected chi connectivity index (χ4v) is 1.49. The molecule has 1 atom stereocenters. The molecule has 0 bridgehead atoms. The molecule has 0 radical (unpaired) electrons. The highest BCUT2D eigenvalue weighted by Crippen LogP contribution is 2.32. The van der Waals surface area contributed by atoms with Gasteiger partial charge in [0.1, 0.15) is 0 Å². The van der Waals surface area contributed by atoms with E-state index in [1.54, 1.807) is 4.90 Å². The van der Waals surface area contributed by atoms with Gasteiger partial charge in [-0.1, -0.05) is 6.92 Å². The highest BCUT2D eigenvalue weighted by Gasteiger charge is 2.44. The van der Waals surface area contributed by atoms with E-state index in [9.17, 15) is 13.2 Å². The largest absolute Gasteiger partial charge is 0.297 e. The molecule has 1 aliphatic heterocycles. The van der Waals surface area contributed by atoms with Crippen molar-refractivity contribution in [3.8, 4) is 0 Å². The Morgan fingerprint density at radius 1 is 1.50 bits per heavy atom. The normalized spacial score (nSPS) is 29.5. The molecule has 1 saturated heterocycles. The van der Waals surface area contributed by atoms with Crippen LogP contribution in [0.1, 0.15) is 13.3 Å². The lowest BCUT2D eigenvalue weighted by atomic mass is 10.1. The van der Waals surface area contributed by atoms with Gasteiger partial charge in [0, 0.05) is 19.0 Å². The molecule has 0 aromatic carbocycles. The molecule has 1 fully saturated rings. The van der Waals surface area contributed by atoms with Gasteiger partial charge in [0.05, 0.1) is 13.2 Å². The van der Waals surface area contributed by atoms with Crippen molar-refractivity contribution in [3.63, 3.8) is 0 Å². The lowest BCUT2D eigenvalue weighted by Gasteiger charge is -2.13. The molecular formula is C8H14F3N. The number of likely N-dealkylation sites (tertiary alicyclic amines) is 1. The maximum atomic E-state index is 12.9. The zero-order chi connectivity index (χ0) is 9.19. The molecule has 0 aliphatic carbocycles. The van der Waals surface area contributed by atoms with Gasteiger partial charge in [0.15, 0.2) is 0 Å². The highest BCUT2D eigenvalue weighted by atomic mass is 19.3. The Hall–Kier alpha value is -0.250. The number of halogens is 3. The third-order valence-corrected chi connectivity index (χ3v) is 2.30. The summed E-state index contributed by atoms with van der Waals surface area (Å²) in [5.74, 6) is -3.16. The molecule has 1 aliphatic rings. The fourth-order valence-electron chi connectivity index (χ4n) is 1.49. The fraction of sp³-hybridized carbons (Fsp3) is 1.00. The van der Waals surface area contributed by atoms with E-state index >= 15 is 0 Å². The summed E-state index contributed by atoms with van der Waals surface area (Å²) in [4.78, 5) is 1.63. The summed E-state index contributed by atoms with van der Waals surface area (Å²) in [5, 5.41) is 0. The Kier molecular flexibility index (Phi) is 2.99. The van der Waals surface area contributed by atoms with Crippen LogP contribution in [0, 0.1) is 5.92 Å². The van der Waals surface area contributed by atoms with Crippen LogP contribution in [0.4, 0.5) is 13.2 Å². The topological polar surface area (TPSA) is 3.24 Å². The van der Waals surface area contributed by atoms with Crippen molar-refractivity contribution in [3.05, 3.63) is 0 Å². The summed E-state index contributed by atoms with van der Waals surface area (Å²) in [6, 6.07) is 0. The molecule has 0 aromatic heterocycles. The smallest absolute Gasteiger partial charge is 0.264 e. The molecular weight excluding hydrogens is 167 g/mol. The number of alkyl halides is 3. The second-order valence-electron chi connectivity index (χ2n) is 3.44. The molecule has 72 valence electrons. The summed E-state index contributed by atoms with van der Waals surface area (Å²) in [6.07, 6.45) is 0.364. The Bertz CT molecular complexity index is 149. The zero-order valence-electron chi connectivity index (χ0n) is 7.19. The average Bonchev–Trinajstić information content (AvgIpc) is 2.22. The summed E-state index contributed by atoms with van der Waals surface area (Å²) in [6.45, 7) is 1.77. The third-order valence-electron chi connectivity index (χ3n) is 2.30. The van der Waals surface area contributed by atoms with E-state index in [-0.39, 0.29) is 6.54 Å². The van der Waals surface area contributed by atoms with Gasteiger partial charge >= 0.3 is 0 Å². The van der Waals surface area contributed by atoms with Gasteiger partial charge in [-0.2, -0.15) is 0 Å². The molecule has 0 amide bonds. The Labute approximate surface area is 70.5 Å². The van der Waals surface area contributed by atoms with Crippen molar-refractivity contribution in [2.45, 2.75) is 19.3 Å². The number of nitrogens with zero attached hydrogens (tertiary/aromatic N) is 1. The molecule has 0 aromatic rings. The summed E-state index contributed by atoms with van der Waals surface area (Å²) in [7, 11) is 0. The molecule has 0 N–H and O–H groups in total. The van der Waals surface area contributed by atoms with Crippen molar-refractivity contribution in [1.29, 1.82) is 0 Å². The number of rotatable bonds is 3. The van der Waals surface area contributed by atoms with Crippen LogP contribution < -0.4 is 0 Å². The van der Waals surface area contributed by atoms with Gasteiger partial charge in [-0.05, 0) is 6.42 Å². The summed E-state index contributed by atoms with van der Waals surface area (Å²) >= 11 is 0. The molecule has 1 nitrogen and oxygen atoms in total. The van der Waals surface area contributed by atoms with Crippen molar-refractivity contribution in [1.82, 2.24) is 4.90 Å². The van der Waals surface area contributed by atoms with Crippen LogP contribution in [-0.4, -0.2) is 37.1 Å². The van der Waals surface area contributed by atoms with Crippen LogP contribution in [0.15, 0.2) is 0 Å². The first-order valence-electron chi connectivity index (χ1n) is 4.22. The monoisotopic (exact) mass is 181 g/mol. The van der Waals surface area contributed by atoms with Crippen molar-refractivity contribution in [2.24, 2.45) is 5.92 Å². The van der Waals surface area contributed by atoms with Gasteiger partial charge in [0.2, 0.25) is 0 Å². The average molecular weight is 181 g/mol. The third kappa shape index (κ3) is 2.12. The first kappa shape index (κ1) is 9.84. The van der Waals surface area contributed by atoms with Crippen LogP contribution in [0.2, 0.25) is 0 Å². The lowest BCUT2D eigenvalue weighted by molar-refractivity contribution is -0.0210. The minimum atomic E-state index is -2.57. The predicted octanol–water partition coefficient (Wildman–Crippen LogP) is 1.93. The molecule has 1 heterocycles. The second kappa shape index (κ2) is 3.64. The molecule has 0 saturated carbocycles. The van der Waals surface area contributed by atoms with Crippen LogP contribution in [-0.2, 0) is 0 Å². The molecule has 1 rings (SSSR count). The quantitative estimate of drug-likeness (QED) is 0.643. The van der Waals surface area contributed by atoms with E-state index in [2.05, 4.69) is 0 Å². The van der Waals surface area contributed by atoms with Crippen LogP contribution in [0.3, 0.4) is 0 Å². The minimum absolute atomic E-state index is 0.200. The van der Waals surface area contributed by atoms with E-state index < -0.39 is 18.5 Å². The van der Waals surface area contributed by atoms with Gasteiger partial charge in [0.25, 0.3) is 5.92 Å². The predicted molar refractivity (Wildman–Crippen MR) is 41.1 cm³/mol. The van der Waals surface area contributed by atoms with E-state index in [0.29, 0.717) is 19.5 Å². The highest BCUT2D eigenvalue weighted by molar-refractivity contribution is 4.87. The van der Waals surface area contributed by atoms with Gasteiger partial charge in [-0.15, -0.1) is 0 Å². The zero-order valence-corrected chi connectivity index (χ0v) is 7.19. The van der Waals surface area contributed by atoms with Gasteiger partial charge < -0.3 is 0 Å². The minimum Gasteiger partial charge on any atom is -0.297 e. The number of hydrogen-bond donors (Lipinski definition) is 0. The summed E-state index contributed by atoms with van der Waals surface area (Å²) < 4.78 is 37.5. The molecule has 4 heteroatoms. The standard InChI is InChI=1S/C8H14F3N/c1-7-5-12(4-2-3-9)6-8(7,10)11/h7H,2-6H2,1H3. The lowest BCUT2D eigenvalue weighted by Crippen LogP contribution is -2.27. The van der Waals surface area contributed by atoms with E-state index in [1.807, 2.05) is 0 Å². The maximum absolute atomic E-state index is 12.9. The Balaban J connectivity index is 2.33. The Morgan fingerprint density at radius 3 is 2.58 bits per heavy atom. The first-order valence-corrected chi connectivity index (χ1v) is 4.22. The van der Waals surface area contributed by atoms with Crippen LogP contribution >= 0.6 is 0 Å². The van der Waals surface area contributed by atoms with Crippen molar-refractivity contribution < 1.29 is 13.2 Å². The van der Waals surface area contributed by atoms with Gasteiger partial charge in [-0.3, -0.25) is 9.29 Å². The van der Waals surface area contributed by atoms with Crippen LogP contribution in [0.5, 0.6) is 0 Å². The van der Waals surface area contributed by atoms with E-state index in [1.165, 1.54) is 6.92 Å². The molecule has 0 spiro atoms. The SMILES string of the molecule is CC1CN(CCCF)CC1(F)F. The van der Waals surface area contributed by atoms with Crippen molar-refractivity contribution >= 4 is 0 Å². The maximum Gasteiger partial charge on any atom is 0.264 e.